The number of aliphatic imine (C=N–C) groups is 2. The first kappa shape index (κ1) is 16.1. The van der Waals surface area contributed by atoms with Crippen molar-refractivity contribution in [1.82, 2.24) is 19.8 Å². The van der Waals surface area contributed by atoms with Gasteiger partial charge < -0.3 is 10.6 Å². The third-order valence-electron chi connectivity index (χ3n) is 4.29. The lowest BCUT2D eigenvalue weighted by atomic mass is 10.2. The Hall–Kier alpha value is -2.76. The summed E-state index contributed by atoms with van der Waals surface area (Å²) in [7, 11) is 4.06. The van der Waals surface area contributed by atoms with Crippen LogP contribution < -0.4 is 20.6 Å². The molecule has 0 aromatic heterocycles. The van der Waals surface area contributed by atoms with E-state index in [4.69, 9.17) is 5.73 Å². The van der Waals surface area contributed by atoms with Crippen LogP contribution in [0.15, 0.2) is 49.1 Å². The number of nitrogens with zero attached hydrogens (tertiary/aromatic N) is 5. The zero-order chi connectivity index (χ0) is 16.9. The SMILES string of the molecule is CN1C=C[N+]=C1CCN(CCC1=[N+]C=CN1C)c1cccc(N)c1. The summed E-state index contributed by atoms with van der Waals surface area (Å²) in [6.07, 6.45) is 9.42. The highest BCUT2D eigenvalue weighted by molar-refractivity contribution is 5.85. The highest BCUT2D eigenvalue weighted by Crippen LogP contribution is 2.19. The van der Waals surface area contributed by atoms with E-state index in [-0.39, 0.29) is 0 Å². The lowest BCUT2D eigenvalue weighted by Crippen LogP contribution is -2.33. The monoisotopic (exact) mass is 324 g/mol. The zero-order valence-electron chi connectivity index (χ0n) is 14.3. The van der Waals surface area contributed by atoms with E-state index in [0.717, 1.165) is 49.0 Å². The molecular formula is C18H24N6+2. The zero-order valence-corrected chi connectivity index (χ0v) is 14.3. The molecule has 0 spiro atoms. The van der Waals surface area contributed by atoms with Crippen LogP contribution in [0.1, 0.15) is 12.8 Å². The molecule has 0 saturated heterocycles. The van der Waals surface area contributed by atoms with Crippen molar-refractivity contribution in [3.8, 4) is 0 Å². The maximum Gasteiger partial charge on any atom is 0.300 e. The summed E-state index contributed by atoms with van der Waals surface area (Å²) in [5, 5.41) is 0. The van der Waals surface area contributed by atoms with Crippen LogP contribution in [0.25, 0.3) is 0 Å². The molecule has 124 valence electrons. The van der Waals surface area contributed by atoms with Gasteiger partial charge in [0.15, 0.2) is 12.4 Å². The standard InChI is InChI=1S/C18H24N6/c1-22-12-8-20-17(22)6-10-24(16-5-3-4-15(19)14-16)11-7-18-21-9-13-23(18)2/h3-5,8-9,12-14H,6-7,10-11,19H2,1-2H3/q+2. The molecule has 6 nitrogen and oxygen atoms in total. The Kier molecular flexibility index (Phi) is 4.84. The predicted octanol–water partition coefficient (Wildman–Crippen LogP) is 1.16. The van der Waals surface area contributed by atoms with Gasteiger partial charge in [0.05, 0.1) is 26.9 Å². The van der Waals surface area contributed by atoms with Gasteiger partial charge in [0.1, 0.15) is 12.4 Å². The molecule has 3 rings (SSSR count). The average molecular weight is 324 g/mol. The minimum atomic E-state index is 0.784. The number of amidine groups is 2. The van der Waals surface area contributed by atoms with Gasteiger partial charge in [-0.15, -0.1) is 0 Å². The highest BCUT2D eigenvalue weighted by Gasteiger charge is 2.23. The minimum absolute atomic E-state index is 0.784. The first-order valence-corrected chi connectivity index (χ1v) is 8.16. The molecule has 2 aliphatic rings. The van der Waals surface area contributed by atoms with Crippen molar-refractivity contribution in [1.29, 1.82) is 0 Å². The molecule has 0 bridgehead atoms. The van der Waals surface area contributed by atoms with Gasteiger partial charge in [-0.2, -0.15) is 0 Å². The molecule has 0 fully saturated rings. The number of nitrogen functional groups attached to an aromatic ring is 1. The lowest BCUT2D eigenvalue weighted by Gasteiger charge is -2.24. The molecule has 2 N–H and O–H groups in total. The lowest BCUT2D eigenvalue weighted by molar-refractivity contribution is 0.656. The second-order valence-electron chi connectivity index (χ2n) is 5.99. The van der Waals surface area contributed by atoms with Gasteiger partial charge in [-0.3, -0.25) is 0 Å². The Bertz CT molecular complexity index is 665. The van der Waals surface area contributed by atoms with E-state index in [2.05, 4.69) is 30.8 Å². The fourth-order valence-electron chi connectivity index (χ4n) is 2.84. The largest absolute Gasteiger partial charge is 0.399 e. The summed E-state index contributed by atoms with van der Waals surface area (Å²) in [6.45, 7) is 1.78. The first-order valence-electron chi connectivity index (χ1n) is 8.16. The molecule has 0 aliphatic carbocycles. The van der Waals surface area contributed by atoms with E-state index >= 15 is 0 Å². The Balaban J connectivity index is 1.66. The van der Waals surface area contributed by atoms with Crippen molar-refractivity contribution in [3.63, 3.8) is 0 Å². The van der Waals surface area contributed by atoms with Gasteiger partial charge in [-0.25, -0.2) is 9.80 Å². The van der Waals surface area contributed by atoms with E-state index in [9.17, 15) is 0 Å². The highest BCUT2D eigenvalue weighted by atomic mass is 15.2. The normalized spacial score (nSPS) is 15.9. The van der Waals surface area contributed by atoms with Crippen molar-refractivity contribution < 1.29 is 0 Å². The summed E-state index contributed by atoms with van der Waals surface area (Å²) in [6, 6.07) is 8.04. The van der Waals surface area contributed by atoms with E-state index in [1.54, 1.807) is 0 Å². The van der Waals surface area contributed by atoms with Crippen LogP contribution in [0.3, 0.4) is 0 Å². The smallest absolute Gasteiger partial charge is 0.300 e. The van der Waals surface area contributed by atoms with Crippen molar-refractivity contribution in [2.24, 2.45) is 0 Å². The second-order valence-corrected chi connectivity index (χ2v) is 5.99. The predicted molar refractivity (Wildman–Crippen MR) is 100 cm³/mol. The van der Waals surface area contributed by atoms with Crippen LogP contribution in [-0.4, -0.2) is 48.7 Å². The molecule has 0 atom stereocenters. The number of anilines is 2. The molecule has 24 heavy (non-hydrogen) atoms. The van der Waals surface area contributed by atoms with Crippen LogP contribution in [0.5, 0.6) is 0 Å². The van der Waals surface area contributed by atoms with Crippen LogP contribution in [0.2, 0.25) is 0 Å². The van der Waals surface area contributed by atoms with Gasteiger partial charge in [-0.05, 0) is 18.2 Å². The van der Waals surface area contributed by atoms with Crippen LogP contribution in [0, 0.1) is 0 Å². The van der Waals surface area contributed by atoms with Crippen molar-refractivity contribution >= 4 is 23.0 Å². The molecule has 2 radical (unpaired) electrons. The quantitative estimate of drug-likeness (QED) is 0.765. The number of hydrogen-bond acceptors (Lipinski definition) is 6. The molecule has 6 heteroatoms. The van der Waals surface area contributed by atoms with Gasteiger partial charge in [0, 0.05) is 24.5 Å². The van der Waals surface area contributed by atoms with Crippen LogP contribution in [-0.2, 0) is 0 Å². The molecule has 1 aromatic rings. The number of rotatable bonds is 7. The maximum atomic E-state index is 5.97. The molecule has 2 heterocycles. The van der Waals surface area contributed by atoms with E-state index in [1.807, 2.05) is 57.1 Å². The third kappa shape index (κ3) is 3.76. The second kappa shape index (κ2) is 7.21. The summed E-state index contributed by atoms with van der Waals surface area (Å²) >= 11 is 0. The Morgan fingerprint density at radius 3 is 2.00 bits per heavy atom. The molecule has 1 aromatic carbocycles. The topological polar surface area (TPSA) is 63.9 Å². The van der Waals surface area contributed by atoms with Crippen LogP contribution in [0.4, 0.5) is 11.4 Å². The Labute approximate surface area is 143 Å². The van der Waals surface area contributed by atoms with Crippen molar-refractivity contribution in [3.05, 3.63) is 49.1 Å². The average Bonchev–Trinajstić information content (AvgIpc) is 3.16. The molecular weight excluding hydrogens is 300 g/mol. The summed E-state index contributed by atoms with van der Waals surface area (Å²) in [5.41, 5.74) is 7.89. The Morgan fingerprint density at radius 1 is 0.958 bits per heavy atom. The Morgan fingerprint density at radius 2 is 1.54 bits per heavy atom. The summed E-state index contributed by atoms with van der Waals surface area (Å²) in [4.78, 5) is 15.3. The summed E-state index contributed by atoms with van der Waals surface area (Å²) in [5.74, 6) is 2.17. The van der Waals surface area contributed by atoms with Gasteiger partial charge in [0.2, 0.25) is 0 Å². The maximum absolute atomic E-state index is 5.97. The van der Waals surface area contributed by atoms with Crippen molar-refractivity contribution in [2.75, 3.05) is 37.8 Å². The van der Waals surface area contributed by atoms with E-state index < -0.39 is 0 Å². The van der Waals surface area contributed by atoms with E-state index in [0.29, 0.717) is 0 Å². The van der Waals surface area contributed by atoms with Gasteiger partial charge >= 0.3 is 0 Å². The fraction of sp³-hybridized carbons (Fsp3) is 0.333. The van der Waals surface area contributed by atoms with E-state index in [1.165, 1.54) is 0 Å². The number of nitrogens with two attached hydrogens (primary N) is 1. The third-order valence-corrected chi connectivity index (χ3v) is 4.29. The van der Waals surface area contributed by atoms with Gasteiger partial charge in [-0.1, -0.05) is 16.1 Å². The van der Waals surface area contributed by atoms with Crippen molar-refractivity contribution in [2.45, 2.75) is 12.8 Å². The minimum Gasteiger partial charge on any atom is -0.399 e. The first-order chi connectivity index (χ1) is 11.6. The molecule has 0 saturated carbocycles. The molecule has 2 aliphatic heterocycles. The van der Waals surface area contributed by atoms with Crippen LogP contribution >= 0.6 is 0 Å². The molecule has 0 amide bonds. The molecule has 0 unspecified atom stereocenters. The summed E-state index contributed by atoms with van der Waals surface area (Å²) < 4.78 is 0. The fourth-order valence-corrected chi connectivity index (χ4v) is 2.84. The van der Waals surface area contributed by atoms with Gasteiger partial charge in [0.25, 0.3) is 11.7 Å². The number of hydrogen-bond donors (Lipinski definition) is 1. The number of benzene rings is 1.